The Labute approximate surface area is 117 Å². The maximum atomic E-state index is 3.55. The van der Waals surface area contributed by atoms with Gasteiger partial charge in [0, 0.05) is 9.75 Å². The van der Waals surface area contributed by atoms with Gasteiger partial charge < -0.3 is 5.32 Å². The summed E-state index contributed by atoms with van der Waals surface area (Å²) in [5, 5.41) is 3.55. The van der Waals surface area contributed by atoms with Crippen molar-refractivity contribution in [2.75, 3.05) is 13.1 Å². The normalized spacial score (nSPS) is 12.3. The molecule has 1 N–H and O–H groups in total. The number of hydrogen-bond acceptors (Lipinski definition) is 2. The van der Waals surface area contributed by atoms with Crippen LogP contribution in [-0.2, 0) is 12.8 Å². The molecule has 0 aliphatic heterocycles. The monoisotopic (exact) mass is 267 g/mol. The van der Waals surface area contributed by atoms with E-state index in [1.807, 2.05) is 11.3 Å². The molecular formula is C16H29NS. The van der Waals surface area contributed by atoms with Crippen molar-refractivity contribution in [3.05, 3.63) is 21.9 Å². The molecule has 0 amide bonds. The van der Waals surface area contributed by atoms with Crippen LogP contribution in [0.25, 0.3) is 0 Å². The molecule has 18 heavy (non-hydrogen) atoms. The predicted molar refractivity (Wildman–Crippen MR) is 83.5 cm³/mol. The number of aryl methyl sites for hydroxylation is 1. The number of thiophene rings is 1. The van der Waals surface area contributed by atoms with E-state index in [1.165, 1.54) is 24.1 Å². The van der Waals surface area contributed by atoms with Crippen LogP contribution in [0.3, 0.4) is 0 Å². The van der Waals surface area contributed by atoms with E-state index in [9.17, 15) is 0 Å². The van der Waals surface area contributed by atoms with E-state index in [2.05, 4.69) is 52.1 Å². The Hall–Kier alpha value is -0.340. The highest BCUT2D eigenvalue weighted by Gasteiger charge is 2.19. The van der Waals surface area contributed by atoms with Crippen molar-refractivity contribution < 1.29 is 0 Å². The Morgan fingerprint density at radius 3 is 2.44 bits per heavy atom. The van der Waals surface area contributed by atoms with Crippen molar-refractivity contribution in [2.45, 2.75) is 53.9 Å². The second kappa shape index (κ2) is 7.30. The van der Waals surface area contributed by atoms with Gasteiger partial charge >= 0.3 is 0 Å². The third-order valence-electron chi connectivity index (χ3n) is 3.25. The summed E-state index contributed by atoms with van der Waals surface area (Å²) in [6.07, 6.45) is 3.63. The fourth-order valence-corrected chi connectivity index (χ4v) is 3.30. The Balaban J connectivity index is 2.34. The fourth-order valence-electron chi connectivity index (χ4n) is 2.08. The van der Waals surface area contributed by atoms with E-state index in [1.54, 1.807) is 4.88 Å². The summed E-state index contributed by atoms with van der Waals surface area (Å²) in [6, 6.07) is 4.60. The number of rotatable bonds is 8. The standard InChI is InChI=1S/C16H29NS/c1-6-14-7-8-15(18-14)11-16(4,5)9-10-17-12-13(2)3/h7-8,13,17H,6,9-12H2,1-5H3. The molecule has 0 atom stereocenters. The first-order chi connectivity index (χ1) is 8.43. The van der Waals surface area contributed by atoms with Crippen LogP contribution < -0.4 is 5.32 Å². The number of nitrogens with one attached hydrogen (secondary N) is 1. The summed E-state index contributed by atoms with van der Waals surface area (Å²) in [7, 11) is 0. The Morgan fingerprint density at radius 2 is 1.89 bits per heavy atom. The highest BCUT2D eigenvalue weighted by atomic mass is 32.1. The lowest BCUT2D eigenvalue weighted by molar-refractivity contribution is 0.324. The van der Waals surface area contributed by atoms with Crippen molar-refractivity contribution in [3.63, 3.8) is 0 Å². The van der Waals surface area contributed by atoms with Crippen LogP contribution in [0.1, 0.15) is 50.8 Å². The second-order valence-electron chi connectivity index (χ2n) is 6.41. The van der Waals surface area contributed by atoms with Crippen molar-refractivity contribution in [1.29, 1.82) is 0 Å². The van der Waals surface area contributed by atoms with Gasteiger partial charge in [-0.15, -0.1) is 11.3 Å². The van der Waals surface area contributed by atoms with Gasteiger partial charge in [0.15, 0.2) is 0 Å². The maximum Gasteiger partial charge on any atom is 0.00534 e. The molecule has 0 aliphatic rings. The van der Waals surface area contributed by atoms with E-state index in [0.29, 0.717) is 5.41 Å². The molecule has 0 fully saturated rings. The van der Waals surface area contributed by atoms with E-state index in [0.717, 1.165) is 19.0 Å². The highest BCUT2D eigenvalue weighted by Crippen LogP contribution is 2.29. The van der Waals surface area contributed by atoms with Crippen molar-refractivity contribution in [1.82, 2.24) is 5.32 Å². The van der Waals surface area contributed by atoms with Crippen LogP contribution in [0.5, 0.6) is 0 Å². The van der Waals surface area contributed by atoms with Gasteiger partial charge in [-0.05, 0) is 55.8 Å². The average molecular weight is 267 g/mol. The minimum absolute atomic E-state index is 0.403. The fraction of sp³-hybridized carbons (Fsp3) is 0.750. The smallest absolute Gasteiger partial charge is 0.00534 e. The zero-order valence-corrected chi connectivity index (χ0v) is 13.5. The van der Waals surface area contributed by atoms with E-state index < -0.39 is 0 Å². The maximum absolute atomic E-state index is 3.55. The molecule has 1 aromatic heterocycles. The minimum atomic E-state index is 0.403. The van der Waals surface area contributed by atoms with Crippen LogP contribution >= 0.6 is 11.3 Å². The van der Waals surface area contributed by atoms with Crippen LogP contribution in [-0.4, -0.2) is 13.1 Å². The molecule has 0 bridgehead atoms. The summed E-state index contributed by atoms with van der Waals surface area (Å²) in [6.45, 7) is 13.8. The van der Waals surface area contributed by atoms with Crippen molar-refractivity contribution in [3.8, 4) is 0 Å². The quantitative estimate of drug-likeness (QED) is 0.683. The molecule has 0 spiro atoms. The first-order valence-corrected chi connectivity index (χ1v) is 8.03. The molecule has 0 aliphatic carbocycles. The van der Waals surface area contributed by atoms with Gasteiger partial charge in [0.2, 0.25) is 0 Å². The second-order valence-corrected chi connectivity index (χ2v) is 7.66. The molecule has 2 heteroatoms. The summed E-state index contributed by atoms with van der Waals surface area (Å²) in [5.74, 6) is 0.748. The Bertz CT molecular complexity index is 339. The van der Waals surface area contributed by atoms with Crippen LogP contribution in [0, 0.1) is 11.3 Å². The summed E-state index contributed by atoms with van der Waals surface area (Å²) in [5.41, 5.74) is 0.403. The van der Waals surface area contributed by atoms with Gasteiger partial charge in [0.1, 0.15) is 0 Å². The molecule has 0 radical (unpaired) electrons. The molecule has 0 unspecified atom stereocenters. The lowest BCUT2D eigenvalue weighted by Gasteiger charge is -2.24. The van der Waals surface area contributed by atoms with E-state index in [-0.39, 0.29) is 0 Å². The van der Waals surface area contributed by atoms with Gasteiger partial charge in [0.25, 0.3) is 0 Å². The van der Waals surface area contributed by atoms with Gasteiger partial charge in [-0.1, -0.05) is 34.6 Å². The van der Waals surface area contributed by atoms with E-state index in [4.69, 9.17) is 0 Å². The SMILES string of the molecule is CCc1ccc(CC(C)(C)CCNCC(C)C)s1. The van der Waals surface area contributed by atoms with Crippen LogP contribution in [0.2, 0.25) is 0 Å². The number of hydrogen-bond donors (Lipinski definition) is 1. The molecular weight excluding hydrogens is 238 g/mol. The molecule has 0 saturated heterocycles. The van der Waals surface area contributed by atoms with Crippen molar-refractivity contribution in [2.24, 2.45) is 11.3 Å². The minimum Gasteiger partial charge on any atom is -0.316 e. The van der Waals surface area contributed by atoms with E-state index >= 15 is 0 Å². The summed E-state index contributed by atoms with van der Waals surface area (Å²) < 4.78 is 0. The zero-order valence-electron chi connectivity index (χ0n) is 12.7. The first kappa shape index (κ1) is 15.7. The van der Waals surface area contributed by atoms with Gasteiger partial charge in [0.05, 0.1) is 0 Å². The molecule has 104 valence electrons. The molecule has 1 rings (SSSR count). The lowest BCUT2D eigenvalue weighted by atomic mass is 9.85. The predicted octanol–water partition coefficient (Wildman–Crippen LogP) is 4.51. The molecule has 0 aromatic carbocycles. The van der Waals surface area contributed by atoms with Crippen molar-refractivity contribution >= 4 is 11.3 Å². The third kappa shape index (κ3) is 6.01. The zero-order chi connectivity index (χ0) is 13.6. The Morgan fingerprint density at radius 1 is 1.22 bits per heavy atom. The lowest BCUT2D eigenvalue weighted by Crippen LogP contribution is -2.26. The molecule has 1 heterocycles. The van der Waals surface area contributed by atoms with Gasteiger partial charge in [-0.25, -0.2) is 0 Å². The third-order valence-corrected chi connectivity index (χ3v) is 4.48. The molecule has 1 nitrogen and oxygen atoms in total. The van der Waals surface area contributed by atoms with Gasteiger partial charge in [-0.3, -0.25) is 0 Å². The molecule has 1 aromatic rings. The Kier molecular flexibility index (Phi) is 6.37. The van der Waals surface area contributed by atoms with Crippen LogP contribution in [0.15, 0.2) is 12.1 Å². The summed E-state index contributed by atoms with van der Waals surface area (Å²) in [4.78, 5) is 3.06. The first-order valence-electron chi connectivity index (χ1n) is 7.21. The topological polar surface area (TPSA) is 12.0 Å². The highest BCUT2D eigenvalue weighted by molar-refractivity contribution is 7.11. The average Bonchev–Trinajstić information content (AvgIpc) is 2.71. The summed E-state index contributed by atoms with van der Waals surface area (Å²) >= 11 is 1.98. The van der Waals surface area contributed by atoms with Gasteiger partial charge in [-0.2, -0.15) is 0 Å². The van der Waals surface area contributed by atoms with Crippen LogP contribution in [0.4, 0.5) is 0 Å². The largest absolute Gasteiger partial charge is 0.316 e. The molecule has 0 saturated carbocycles.